The van der Waals surface area contributed by atoms with Crippen molar-refractivity contribution in [2.24, 2.45) is 5.92 Å². The quantitative estimate of drug-likeness (QED) is 0.798. The largest absolute Gasteiger partial charge is 0.381 e. The molecule has 18 heavy (non-hydrogen) atoms. The lowest BCUT2D eigenvalue weighted by molar-refractivity contribution is 0.0616. The molecule has 96 valence electrons. The van der Waals surface area contributed by atoms with E-state index in [2.05, 4.69) is 29.8 Å². The summed E-state index contributed by atoms with van der Waals surface area (Å²) in [4.78, 5) is 0. The number of nitrogens with zero attached hydrogens (tertiary/aromatic N) is 1. The van der Waals surface area contributed by atoms with E-state index in [1.54, 1.807) is 0 Å². The van der Waals surface area contributed by atoms with Crippen LogP contribution in [-0.4, -0.2) is 17.8 Å². The summed E-state index contributed by atoms with van der Waals surface area (Å²) in [7, 11) is 0. The smallest absolute Gasteiger partial charge is 0.0484 e. The number of aryl methyl sites for hydroxylation is 1. The van der Waals surface area contributed by atoms with E-state index >= 15 is 0 Å². The van der Waals surface area contributed by atoms with Gasteiger partial charge in [-0.1, -0.05) is 11.6 Å². The maximum absolute atomic E-state index is 6.07. The second-order valence-corrected chi connectivity index (χ2v) is 5.62. The van der Waals surface area contributed by atoms with Gasteiger partial charge in [-0.05, 0) is 49.4 Å². The highest BCUT2D eigenvalue weighted by atomic mass is 35.5. The van der Waals surface area contributed by atoms with Crippen LogP contribution in [0.3, 0.4) is 0 Å². The number of halogens is 1. The number of aromatic nitrogens is 1. The van der Waals surface area contributed by atoms with Crippen molar-refractivity contribution in [3.63, 3.8) is 0 Å². The molecule has 1 aliphatic heterocycles. The van der Waals surface area contributed by atoms with Crippen molar-refractivity contribution in [1.29, 1.82) is 0 Å². The first-order valence-corrected chi connectivity index (χ1v) is 6.94. The lowest BCUT2D eigenvalue weighted by atomic mass is 10.0. The number of hydrogen-bond acceptors (Lipinski definition) is 1. The summed E-state index contributed by atoms with van der Waals surface area (Å²) in [5, 5.41) is 2.09. The van der Waals surface area contributed by atoms with E-state index in [4.69, 9.17) is 16.3 Å². The molecule has 1 saturated heterocycles. The number of fused-ring (bicyclic) bond motifs is 1. The number of rotatable bonds is 2. The predicted octanol–water partition coefficient (Wildman–Crippen LogP) is 4.03. The maximum atomic E-state index is 6.07. The van der Waals surface area contributed by atoms with E-state index in [0.717, 1.165) is 30.7 Å². The molecule has 1 aliphatic rings. The Morgan fingerprint density at radius 3 is 2.89 bits per heavy atom. The molecule has 0 atom stereocenters. The van der Waals surface area contributed by atoms with E-state index < -0.39 is 0 Å². The minimum atomic E-state index is 0.740. The predicted molar refractivity (Wildman–Crippen MR) is 75.2 cm³/mol. The van der Waals surface area contributed by atoms with Crippen molar-refractivity contribution in [1.82, 2.24) is 4.57 Å². The molecule has 2 nitrogen and oxygen atoms in total. The summed E-state index contributed by atoms with van der Waals surface area (Å²) >= 11 is 6.07. The lowest BCUT2D eigenvalue weighted by Crippen LogP contribution is -2.20. The van der Waals surface area contributed by atoms with E-state index in [9.17, 15) is 0 Å². The highest BCUT2D eigenvalue weighted by Gasteiger charge is 2.15. The van der Waals surface area contributed by atoms with Crippen molar-refractivity contribution in [3.8, 4) is 0 Å². The van der Waals surface area contributed by atoms with Crippen LogP contribution >= 0.6 is 11.6 Å². The van der Waals surface area contributed by atoms with Crippen molar-refractivity contribution in [2.45, 2.75) is 26.3 Å². The Kier molecular flexibility index (Phi) is 3.31. The van der Waals surface area contributed by atoms with Crippen LogP contribution < -0.4 is 0 Å². The standard InChI is InChI=1S/C15H18ClNO/c1-11-9-17(10-12-4-6-18-7-5-12)15-3-2-13(16)8-14(11)15/h2-3,8-9,12H,4-7,10H2,1H3. The van der Waals surface area contributed by atoms with Gasteiger partial charge in [-0.25, -0.2) is 0 Å². The first-order valence-electron chi connectivity index (χ1n) is 6.57. The highest BCUT2D eigenvalue weighted by Crippen LogP contribution is 2.26. The molecule has 0 bridgehead atoms. The van der Waals surface area contributed by atoms with Gasteiger partial charge in [-0.3, -0.25) is 0 Å². The van der Waals surface area contributed by atoms with Gasteiger partial charge in [-0.2, -0.15) is 0 Å². The molecule has 3 heteroatoms. The maximum Gasteiger partial charge on any atom is 0.0484 e. The Labute approximate surface area is 112 Å². The van der Waals surface area contributed by atoms with E-state index in [1.165, 1.54) is 29.3 Å². The third-order valence-corrected chi connectivity index (χ3v) is 4.07. The van der Waals surface area contributed by atoms with Crippen molar-refractivity contribution in [2.75, 3.05) is 13.2 Å². The van der Waals surface area contributed by atoms with Crippen molar-refractivity contribution in [3.05, 3.63) is 35.0 Å². The first kappa shape index (κ1) is 12.1. The summed E-state index contributed by atoms with van der Waals surface area (Å²) in [5.41, 5.74) is 2.60. The lowest BCUT2D eigenvalue weighted by Gasteiger charge is -2.22. The summed E-state index contributed by atoms with van der Waals surface area (Å²) in [5.74, 6) is 0.740. The van der Waals surface area contributed by atoms with E-state index in [1.807, 2.05) is 6.07 Å². The average molecular weight is 264 g/mol. The fraction of sp³-hybridized carbons (Fsp3) is 0.467. The van der Waals surface area contributed by atoms with Gasteiger partial charge in [0.05, 0.1) is 0 Å². The Bertz CT molecular complexity index is 555. The Balaban J connectivity index is 1.91. The molecule has 2 heterocycles. The fourth-order valence-corrected chi connectivity index (χ4v) is 2.98. The van der Waals surface area contributed by atoms with Crippen LogP contribution in [0.15, 0.2) is 24.4 Å². The summed E-state index contributed by atoms with van der Waals surface area (Å²) in [6.45, 7) is 5.07. The van der Waals surface area contributed by atoms with Crippen LogP contribution in [-0.2, 0) is 11.3 Å². The number of benzene rings is 1. The molecule has 3 rings (SSSR count). The van der Waals surface area contributed by atoms with E-state index in [0.29, 0.717) is 0 Å². The molecule has 0 N–H and O–H groups in total. The van der Waals surface area contributed by atoms with Gasteiger partial charge in [0.1, 0.15) is 0 Å². The minimum absolute atomic E-state index is 0.740. The van der Waals surface area contributed by atoms with Crippen molar-refractivity contribution >= 4 is 22.5 Å². The summed E-state index contributed by atoms with van der Waals surface area (Å²) in [6, 6.07) is 6.17. The van der Waals surface area contributed by atoms with Crippen molar-refractivity contribution < 1.29 is 4.74 Å². The molecule has 0 saturated carbocycles. The second kappa shape index (κ2) is 4.94. The minimum Gasteiger partial charge on any atom is -0.381 e. The topological polar surface area (TPSA) is 14.2 Å². The van der Waals surface area contributed by atoms with Gasteiger partial charge in [0.2, 0.25) is 0 Å². The molecule has 0 aliphatic carbocycles. The second-order valence-electron chi connectivity index (χ2n) is 5.18. The van der Waals surface area contributed by atoms with E-state index in [-0.39, 0.29) is 0 Å². The van der Waals surface area contributed by atoms with Gasteiger partial charge < -0.3 is 9.30 Å². The Hall–Kier alpha value is -0.990. The fourth-order valence-electron chi connectivity index (χ4n) is 2.81. The van der Waals surface area contributed by atoms with Gasteiger partial charge in [0.15, 0.2) is 0 Å². The monoisotopic (exact) mass is 263 g/mol. The third-order valence-electron chi connectivity index (χ3n) is 3.84. The summed E-state index contributed by atoms with van der Waals surface area (Å²) in [6.07, 6.45) is 4.59. The Morgan fingerprint density at radius 1 is 1.33 bits per heavy atom. The van der Waals surface area contributed by atoms with Crippen LogP contribution in [0.5, 0.6) is 0 Å². The van der Waals surface area contributed by atoms with Crippen LogP contribution in [0, 0.1) is 12.8 Å². The van der Waals surface area contributed by atoms with Crippen LogP contribution in [0.2, 0.25) is 5.02 Å². The third kappa shape index (κ3) is 2.27. The zero-order valence-electron chi connectivity index (χ0n) is 10.7. The normalized spacial score (nSPS) is 17.4. The van der Waals surface area contributed by atoms with Gasteiger partial charge >= 0.3 is 0 Å². The van der Waals surface area contributed by atoms with Gasteiger partial charge in [-0.15, -0.1) is 0 Å². The molecular weight excluding hydrogens is 246 g/mol. The zero-order chi connectivity index (χ0) is 12.5. The molecular formula is C15H18ClNO. The molecule has 0 unspecified atom stereocenters. The Morgan fingerprint density at radius 2 is 2.11 bits per heavy atom. The molecule has 1 fully saturated rings. The molecule has 2 aromatic rings. The average Bonchev–Trinajstić information content (AvgIpc) is 2.67. The summed E-state index contributed by atoms with van der Waals surface area (Å²) < 4.78 is 7.79. The van der Waals surface area contributed by atoms with Gasteiger partial charge in [0.25, 0.3) is 0 Å². The zero-order valence-corrected chi connectivity index (χ0v) is 11.4. The van der Waals surface area contributed by atoms with Gasteiger partial charge in [0, 0.05) is 41.9 Å². The van der Waals surface area contributed by atoms with Crippen LogP contribution in [0.4, 0.5) is 0 Å². The SMILES string of the molecule is Cc1cn(CC2CCOCC2)c2ccc(Cl)cc12. The highest BCUT2D eigenvalue weighted by molar-refractivity contribution is 6.31. The number of hydrogen-bond donors (Lipinski definition) is 0. The molecule has 1 aromatic heterocycles. The number of ether oxygens (including phenoxy) is 1. The van der Waals surface area contributed by atoms with Crippen LogP contribution in [0.25, 0.3) is 10.9 Å². The molecule has 0 radical (unpaired) electrons. The first-order chi connectivity index (χ1) is 8.74. The molecule has 1 aromatic carbocycles. The molecule has 0 spiro atoms. The van der Waals surface area contributed by atoms with Crippen LogP contribution in [0.1, 0.15) is 18.4 Å². The molecule has 0 amide bonds.